The van der Waals surface area contributed by atoms with Crippen LogP contribution >= 0.6 is 0 Å². The van der Waals surface area contributed by atoms with Gasteiger partial charge in [0.2, 0.25) is 0 Å². The van der Waals surface area contributed by atoms with Crippen LogP contribution in [0.2, 0.25) is 0 Å². The minimum atomic E-state index is -0.514. The van der Waals surface area contributed by atoms with Crippen LogP contribution in [0.1, 0.15) is 22.3 Å². The molecule has 0 aromatic heterocycles. The van der Waals surface area contributed by atoms with E-state index < -0.39 is 5.41 Å². The highest BCUT2D eigenvalue weighted by molar-refractivity contribution is 5.99. The average Bonchev–Trinajstić information content (AvgIpc) is 3.90. The molecular formula is C73H52N2. The van der Waals surface area contributed by atoms with E-state index in [0.717, 1.165) is 50.8 Å². The molecule has 0 spiro atoms. The fourth-order valence-electron chi connectivity index (χ4n) is 11.6. The van der Waals surface area contributed by atoms with Gasteiger partial charge in [-0.2, -0.15) is 0 Å². The molecule has 354 valence electrons. The molecule has 0 saturated heterocycles. The van der Waals surface area contributed by atoms with Crippen LogP contribution in [0.5, 0.6) is 0 Å². The lowest BCUT2D eigenvalue weighted by Crippen LogP contribution is -2.28. The summed E-state index contributed by atoms with van der Waals surface area (Å²) in [6.45, 7) is 0. The van der Waals surface area contributed by atoms with Crippen LogP contribution < -0.4 is 9.80 Å². The molecule has 13 rings (SSSR count). The Morgan fingerprint density at radius 3 is 0.973 bits per heavy atom. The highest BCUT2D eigenvalue weighted by atomic mass is 15.1. The molecule has 0 unspecified atom stereocenters. The third-order valence-electron chi connectivity index (χ3n) is 14.9. The summed E-state index contributed by atoms with van der Waals surface area (Å²) in [7, 11) is 0. The first kappa shape index (κ1) is 45.1. The standard InChI is InChI=1S/C73H52N2/c1-8-25-53(26-9-1)65-52-68(66(54-27-10-2-11-28-54)51-67(65)55-43-47-62(48-44-55)74(59-33-16-5-17-34-59)60-35-18-6-19-36-60)56-45-49-63(50-46-56)75(61-37-20-7-21-38-61)71-42-24-41-70-72(71)64-39-22-23-40-69(64)73(70,57-29-12-3-13-30-57)58-31-14-4-15-32-58/h1-52H. The lowest BCUT2D eigenvalue weighted by molar-refractivity contribution is 0.768. The van der Waals surface area contributed by atoms with E-state index in [1.54, 1.807) is 0 Å². The van der Waals surface area contributed by atoms with E-state index in [2.05, 4.69) is 325 Å². The van der Waals surface area contributed by atoms with Crippen molar-refractivity contribution in [3.8, 4) is 55.6 Å². The maximum absolute atomic E-state index is 2.45. The van der Waals surface area contributed by atoms with Crippen LogP contribution in [0.4, 0.5) is 34.1 Å². The first-order chi connectivity index (χ1) is 37.2. The van der Waals surface area contributed by atoms with Gasteiger partial charge in [0, 0.05) is 34.0 Å². The van der Waals surface area contributed by atoms with E-state index in [4.69, 9.17) is 0 Å². The Hall–Kier alpha value is -9.76. The minimum Gasteiger partial charge on any atom is -0.311 e. The van der Waals surface area contributed by atoms with Crippen molar-refractivity contribution in [2.75, 3.05) is 9.80 Å². The van der Waals surface area contributed by atoms with E-state index in [0.29, 0.717) is 0 Å². The first-order valence-electron chi connectivity index (χ1n) is 25.8. The molecule has 75 heavy (non-hydrogen) atoms. The van der Waals surface area contributed by atoms with E-state index in [-0.39, 0.29) is 0 Å². The van der Waals surface area contributed by atoms with Gasteiger partial charge in [-0.05, 0) is 151 Å². The van der Waals surface area contributed by atoms with Gasteiger partial charge in [0.1, 0.15) is 0 Å². The van der Waals surface area contributed by atoms with Crippen molar-refractivity contribution in [3.05, 3.63) is 338 Å². The Balaban J connectivity index is 0.961. The van der Waals surface area contributed by atoms with Gasteiger partial charge < -0.3 is 9.80 Å². The van der Waals surface area contributed by atoms with E-state index in [1.165, 1.54) is 61.2 Å². The Bertz CT molecular complexity index is 3800. The number of para-hydroxylation sites is 3. The Morgan fingerprint density at radius 2 is 0.533 bits per heavy atom. The van der Waals surface area contributed by atoms with Crippen molar-refractivity contribution in [3.63, 3.8) is 0 Å². The molecule has 12 aromatic rings. The quantitative estimate of drug-likeness (QED) is 0.120. The third-order valence-corrected chi connectivity index (χ3v) is 14.9. The van der Waals surface area contributed by atoms with Crippen LogP contribution in [0.15, 0.2) is 315 Å². The molecular weight excluding hydrogens is 905 g/mol. The van der Waals surface area contributed by atoms with Crippen LogP contribution in [-0.2, 0) is 5.41 Å². The molecule has 0 atom stereocenters. The Kier molecular flexibility index (Phi) is 11.8. The van der Waals surface area contributed by atoms with Gasteiger partial charge in [0.05, 0.1) is 11.1 Å². The Morgan fingerprint density at radius 1 is 0.213 bits per heavy atom. The van der Waals surface area contributed by atoms with Crippen molar-refractivity contribution in [2.45, 2.75) is 5.41 Å². The SMILES string of the molecule is c1ccc(-c2cc(-c3ccc(N(c4ccccc4)c4cccc5c4-c4ccccc4C5(c4ccccc4)c4ccccc4)cc3)c(-c3ccccc3)cc2-c2ccc(N(c3ccccc3)c3ccccc3)cc2)cc1. The van der Waals surface area contributed by atoms with Gasteiger partial charge in [0.15, 0.2) is 0 Å². The summed E-state index contributed by atoms with van der Waals surface area (Å²) in [5, 5.41) is 0. The van der Waals surface area contributed by atoms with Crippen molar-refractivity contribution < 1.29 is 0 Å². The fourth-order valence-corrected chi connectivity index (χ4v) is 11.6. The molecule has 2 heteroatoms. The van der Waals surface area contributed by atoms with E-state index in [9.17, 15) is 0 Å². The highest BCUT2D eigenvalue weighted by Gasteiger charge is 2.47. The number of hydrogen-bond acceptors (Lipinski definition) is 2. The summed E-state index contributed by atoms with van der Waals surface area (Å²) < 4.78 is 0. The summed E-state index contributed by atoms with van der Waals surface area (Å²) in [6, 6.07) is 115. The molecule has 1 aliphatic carbocycles. The molecule has 0 amide bonds. The van der Waals surface area contributed by atoms with Crippen LogP contribution in [-0.4, -0.2) is 0 Å². The maximum Gasteiger partial charge on any atom is 0.0714 e. The van der Waals surface area contributed by atoms with Crippen LogP contribution in [0.25, 0.3) is 55.6 Å². The van der Waals surface area contributed by atoms with Gasteiger partial charge in [-0.25, -0.2) is 0 Å². The summed E-state index contributed by atoms with van der Waals surface area (Å²) in [5.41, 5.74) is 23.0. The first-order valence-corrected chi connectivity index (χ1v) is 25.8. The van der Waals surface area contributed by atoms with Gasteiger partial charge in [-0.15, -0.1) is 0 Å². The molecule has 0 radical (unpaired) electrons. The smallest absolute Gasteiger partial charge is 0.0714 e. The summed E-state index contributed by atoms with van der Waals surface area (Å²) >= 11 is 0. The highest BCUT2D eigenvalue weighted by Crippen LogP contribution is 2.59. The molecule has 0 N–H and O–H groups in total. The molecule has 0 heterocycles. The number of anilines is 6. The predicted octanol–water partition coefficient (Wildman–Crippen LogP) is 19.7. The summed E-state index contributed by atoms with van der Waals surface area (Å²) in [4.78, 5) is 4.76. The average molecular weight is 957 g/mol. The molecule has 0 aliphatic heterocycles. The van der Waals surface area contributed by atoms with Crippen LogP contribution in [0.3, 0.4) is 0 Å². The molecule has 2 nitrogen and oxygen atoms in total. The number of rotatable bonds is 12. The fraction of sp³-hybridized carbons (Fsp3) is 0.0137. The molecule has 0 bridgehead atoms. The number of fused-ring (bicyclic) bond motifs is 3. The van der Waals surface area contributed by atoms with Gasteiger partial charge in [-0.1, -0.05) is 237 Å². The third kappa shape index (κ3) is 8.10. The van der Waals surface area contributed by atoms with Crippen LogP contribution in [0, 0.1) is 0 Å². The second kappa shape index (κ2) is 19.7. The zero-order valence-corrected chi connectivity index (χ0v) is 41.4. The second-order valence-corrected chi connectivity index (χ2v) is 19.2. The zero-order valence-electron chi connectivity index (χ0n) is 41.4. The molecule has 0 saturated carbocycles. The Labute approximate surface area is 440 Å². The second-order valence-electron chi connectivity index (χ2n) is 19.2. The number of nitrogens with zero attached hydrogens (tertiary/aromatic N) is 2. The van der Waals surface area contributed by atoms with Crippen molar-refractivity contribution in [1.82, 2.24) is 0 Å². The van der Waals surface area contributed by atoms with Crippen molar-refractivity contribution in [1.29, 1.82) is 0 Å². The minimum absolute atomic E-state index is 0.514. The van der Waals surface area contributed by atoms with Gasteiger partial charge in [0.25, 0.3) is 0 Å². The monoisotopic (exact) mass is 956 g/mol. The molecule has 0 fully saturated rings. The lowest BCUT2D eigenvalue weighted by Gasteiger charge is -2.34. The summed E-state index contributed by atoms with van der Waals surface area (Å²) in [6.07, 6.45) is 0. The number of benzene rings is 12. The van der Waals surface area contributed by atoms with Crippen molar-refractivity contribution >= 4 is 34.1 Å². The maximum atomic E-state index is 2.45. The van der Waals surface area contributed by atoms with Crippen molar-refractivity contribution in [2.24, 2.45) is 0 Å². The topological polar surface area (TPSA) is 6.48 Å². The molecule has 12 aromatic carbocycles. The lowest BCUT2D eigenvalue weighted by atomic mass is 9.68. The number of hydrogen-bond donors (Lipinski definition) is 0. The predicted molar refractivity (Wildman–Crippen MR) is 315 cm³/mol. The largest absolute Gasteiger partial charge is 0.311 e. The molecule has 1 aliphatic rings. The van der Waals surface area contributed by atoms with E-state index >= 15 is 0 Å². The normalized spacial score (nSPS) is 12.1. The zero-order chi connectivity index (χ0) is 50.0. The van der Waals surface area contributed by atoms with E-state index in [1.807, 2.05) is 0 Å². The van der Waals surface area contributed by atoms with Gasteiger partial charge >= 0.3 is 0 Å². The van der Waals surface area contributed by atoms with Gasteiger partial charge in [-0.3, -0.25) is 0 Å². The summed E-state index contributed by atoms with van der Waals surface area (Å²) in [5.74, 6) is 0.